The Morgan fingerprint density at radius 3 is 2.40 bits per heavy atom. The molecule has 1 heterocycles. The van der Waals surface area contributed by atoms with Crippen molar-refractivity contribution in [1.29, 1.82) is 0 Å². The number of hydrogen-bond acceptors (Lipinski definition) is 3. The fourth-order valence-corrected chi connectivity index (χ4v) is 1.42. The average Bonchev–Trinajstić information content (AvgIpc) is 2.43. The Bertz CT molecular complexity index is 405. The van der Waals surface area contributed by atoms with E-state index in [1.807, 2.05) is 30.3 Å². The second kappa shape index (κ2) is 3.90. The van der Waals surface area contributed by atoms with Gasteiger partial charge in [-0.2, -0.15) is 4.99 Å². The molecule has 2 rings (SSSR count). The van der Waals surface area contributed by atoms with E-state index in [1.54, 1.807) is 6.92 Å². The lowest BCUT2D eigenvalue weighted by Crippen LogP contribution is -2.31. The molecule has 1 aliphatic rings. The molecule has 0 radical (unpaired) electrons. The zero-order valence-electron chi connectivity index (χ0n) is 8.14. The fourth-order valence-electron chi connectivity index (χ4n) is 1.42. The Kier molecular flexibility index (Phi) is 3.00. The van der Waals surface area contributed by atoms with Gasteiger partial charge in [0.25, 0.3) is 11.9 Å². The van der Waals surface area contributed by atoms with Crippen molar-refractivity contribution < 1.29 is 9.53 Å². The first kappa shape index (κ1) is 11.5. The summed E-state index contributed by atoms with van der Waals surface area (Å²) in [5.74, 6) is -0.360. The molecule has 0 aromatic heterocycles. The molecule has 0 bridgehead atoms. The summed E-state index contributed by atoms with van der Waals surface area (Å²) < 4.78 is 5.23. The molecule has 1 unspecified atom stereocenters. The van der Waals surface area contributed by atoms with Gasteiger partial charge in [-0.3, -0.25) is 4.79 Å². The van der Waals surface area contributed by atoms with Gasteiger partial charge in [0.1, 0.15) is 0 Å². The van der Waals surface area contributed by atoms with E-state index >= 15 is 0 Å². The average molecular weight is 227 g/mol. The van der Waals surface area contributed by atoms with Crippen molar-refractivity contribution in [2.24, 2.45) is 10.7 Å². The van der Waals surface area contributed by atoms with Crippen molar-refractivity contribution in [2.45, 2.75) is 12.5 Å². The topological polar surface area (TPSA) is 64.7 Å². The van der Waals surface area contributed by atoms with Gasteiger partial charge < -0.3 is 10.5 Å². The Morgan fingerprint density at radius 1 is 1.33 bits per heavy atom. The van der Waals surface area contributed by atoms with E-state index in [2.05, 4.69) is 4.99 Å². The van der Waals surface area contributed by atoms with Crippen LogP contribution in [-0.4, -0.2) is 11.9 Å². The van der Waals surface area contributed by atoms with Crippen LogP contribution >= 0.6 is 12.4 Å². The van der Waals surface area contributed by atoms with E-state index in [-0.39, 0.29) is 24.3 Å². The molecule has 1 atom stereocenters. The number of hydrogen-bond donors (Lipinski definition) is 1. The maximum Gasteiger partial charge on any atom is 0.298 e. The maximum atomic E-state index is 11.5. The summed E-state index contributed by atoms with van der Waals surface area (Å²) in [5, 5.41) is 0. The first-order valence-electron chi connectivity index (χ1n) is 4.26. The molecule has 0 saturated heterocycles. The Labute approximate surface area is 93.5 Å². The minimum Gasteiger partial charge on any atom is -0.444 e. The lowest BCUT2D eigenvalue weighted by Gasteiger charge is -2.20. The Balaban J connectivity index is 0.00000112. The van der Waals surface area contributed by atoms with Crippen molar-refractivity contribution in [3.05, 3.63) is 35.9 Å². The normalized spacial score (nSPS) is 24.1. The Hall–Kier alpha value is -1.55. The van der Waals surface area contributed by atoms with Crippen molar-refractivity contribution in [1.82, 2.24) is 0 Å². The molecule has 1 aromatic rings. The number of nitrogens with zero attached hydrogens (tertiary/aromatic N) is 1. The van der Waals surface area contributed by atoms with Crippen molar-refractivity contribution in [3.8, 4) is 0 Å². The van der Waals surface area contributed by atoms with Crippen LogP contribution in [0, 0.1) is 0 Å². The smallest absolute Gasteiger partial charge is 0.298 e. The van der Waals surface area contributed by atoms with E-state index in [0.29, 0.717) is 0 Å². The zero-order valence-corrected chi connectivity index (χ0v) is 8.95. The molecule has 15 heavy (non-hydrogen) atoms. The summed E-state index contributed by atoms with van der Waals surface area (Å²) in [7, 11) is 0. The molecular formula is C10H11ClN2O2. The first-order chi connectivity index (χ1) is 6.63. The van der Waals surface area contributed by atoms with Crippen LogP contribution in [0.4, 0.5) is 0 Å². The lowest BCUT2D eigenvalue weighted by molar-refractivity contribution is -0.130. The SMILES string of the molecule is CC1(c2ccccc2)OC(N)=NC1=O.Cl. The van der Waals surface area contributed by atoms with E-state index in [4.69, 9.17) is 10.5 Å². The monoisotopic (exact) mass is 226 g/mol. The molecule has 4 nitrogen and oxygen atoms in total. The number of aliphatic imine (C=N–C) groups is 1. The fraction of sp³-hybridized carbons (Fsp3) is 0.200. The highest BCUT2D eigenvalue weighted by Crippen LogP contribution is 2.30. The first-order valence-corrected chi connectivity index (χ1v) is 4.26. The third kappa shape index (κ3) is 1.80. The van der Waals surface area contributed by atoms with Gasteiger partial charge in [0, 0.05) is 5.56 Å². The molecule has 0 spiro atoms. The van der Waals surface area contributed by atoms with Gasteiger partial charge >= 0.3 is 0 Å². The third-order valence-electron chi connectivity index (χ3n) is 2.25. The van der Waals surface area contributed by atoms with Crippen LogP contribution in [0.25, 0.3) is 0 Å². The van der Waals surface area contributed by atoms with Gasteiger partial charge in [0.05, 0.1) is 0 Å². The number of nitrogens with two attached hydrogens (primary N) is 1. The largest absolute Gasteiger partial charge is 0.444 e. The summed E-state index contributed by atoms with van der Waals surface area (Å²) in [6, 6.07) is 9.10. The molecule has 0 fully saturated rings. The van der Waals surface area contributed by atoms with Gasteiger partial charge in [-0.05, 0) is 6.92 Å². The van der Waals surface area contributed by atoms with Crippen LogP contribution in [0.3, 0.4) is 0 Å². The third-order valence-corrected chi connectivity index (χ3v) is 2.25. The van der Waals surface area contributed by atoms with E-state index in [0.717, 1.165) is 5.56 Å². The number of carbonyl (C=O) groups is 1. The highest BCUT2D eigenvalue weighted by Gasteiger charge is 2.42. The van der Waals surface area contributed by atoms with Gasteiger partial charge in [-0.25, -0.2) is 0 Å². The molecule has 1 aromatic carbocycles. The molecular weight excluding hydrogens is 216 g/mol. The van der Waals surface area contributed by atoms with Crippen molar-refractivity contribution in [3.63, 3.8) is 0 Å². The number of benzene rings is 1. The molecule has 2 N–H and O–H groups in total. The van der Waals surface area contributed by atoms with Crippen LogP contribution in [0.1, 0.15) is 12.5 Å². The standard InChI is InChI=1S/C10H10N2O2.ClH/c1-10(7-5-3-2-4-6-7)8(13)12-9(11)14-10;/h2-6H,1H3,(H2,11,12,13);1H. The number of halogens is 1. The second-order valence-corrected chi connectivity index (χ2v) is 3.26. The van der Waals surface area contributed by atoms with Crippen molar-refractivity contribution >= 4 is 24.3 Å². The van der Waals surface area contributed by atoms with Crippen LogP contribution < -0.4 is 5.73 Å². The molecule has 1 aliphatic heterocycles. The summed E-state index contributed by atoms with van der Waals surface area (Å²) in [4.78, 5) is 15.1. The number of amidine groups is 1. The van der Waals surface area contributed by atoms with Crippen LogP contribution in [0.15, 0.2) is 35.3 Å². The van der Waals surface area contributed by atoms with Gasteiger partial charge in [0.2, 0.25) is 5.60 Å². The van der Waals surface area contributed by atoms with E-state index in [1.165, 1.54) is 0 Å². The number of amides is 1. The lowest BCUT2D eigenvalue weighted by atomic mass is 9.96. The summed E-state index contributed by atoms with van der Waals surface area (Å²) in [6.07, 6.45) is 0. The van der Waals surface area contributed by atoms with Crippen LogP contribution in [0.5, 0.6) is 0 Å². The van der Waals surface area contributed by atoms with Gasteiger partial charge in [0.15, 0.2) is 0 Å². The maximum absolute atomic E-state index is 11.5. The second-order valence-electron chi connectivity index (χ2n) is 3.26. The zero-order chi connectivity index (χ0) is 10.2. The predicted molar refractivity (Wildman–Crippen MR) is 58.8 cm³/mol. The highest BCUT2D eigenvalue weighted by atomic mass is 35.5. The molecule has 1 amide bonds. The minimum absolute atomic E-state index is 0. The molecule has 5 heteroatoms. The van der Waals surface area contributed by atoms with Crippen LogP contribution in [0.2, 0.25) is 0 Å². The quantitative estimate of drug-likeness (QED) is 0.783. The predicted octanol–water partition coefficient (Wildman–Crippen LogP) is 1.20. The number of ether oxygens (including phenoxy) is 1. The highest BCUT2D eigenvalue weighted by molar-refractivity contribution is 6.01. The van der Waals surface area contributed by atoms with Gasteiger partial charge in [-0.1, -0.05) is 30.3 Å². The van der Waals surface area contributed by atoms with E-state index < -0.39 is 5.60 Å². The van der Waals surface area contributed by atoms with Crippen molar-refractivity contribution in [2.75, 3.05) is 0 Å². The minimum atomic E-state index is -1.05. The van der Waals surface area contributed by atoms with Crippen LogP contribution in [-0.2, 0) is 15.1 Å². The van der Waals surface area contributed by atoms with E-state index in [9.17, 15) is 4.79 Å². The molecule has 80 valence electrons. The van der Waals surface area contributed by atoms with Gasteiger partial charge in [-0.15, -0.1) is 12.4 Å². The Morgan fingerprint density at radius 2 is 1.93 bits per heavy atom. The summed E-state index contributed by atoms with van der Waals surface area (Å²) >= 11 is 0. The molecule has 0 saturated carbocycles. The number of rotatable bonds is 1. The molecule has 0 aliphatic carbocycles. The number of carbonyl (C=O) groups excluding carboxylic acids is 1. The summed E-state index contributed by atoms with van der Waals surface area (Å²) in [5.41, 5.74) is 5.05. The summed E-state index contributed by atoms with van der Waals surface area (Å²) in [6.45, 7) is 1.66.